The number of aromatic nitrogens is 2. The van der Waals surface area contributed by atoms with E-state index in [0.29, 0.717) is 6.54 Å². The summed E-state index contributed by atoms with van der Waals surface area (Å²) in [5.74, 6) is -0.0444. The smallest absolute Gasteiger partial charge is 0.329 e. The molecule has 0 radical (unpaired) electrons. The molecule has 1 aromatic heterocycles. The number of ether oxygens (including phenoxy) is 1. The second-order valence-corrected chi connectivity index (χ2v) is 7.00. The molecule has 3 N–H and O–H groups in total. The molecule has 2 aromatic carbocycles. The van der Waals surface area contributed by atoms with Gasteiger partial charge >= 0.3 is 5.69 Å². The summed E-state index contributed by atoms with van der Waals surface area (Å²) in [4.78, 5) is 36.8. The van der Waals surface area contributed by atoms with Gasteiger partial charge in [-0.1, -0.05) is 19.1 Å². The largest absolute Gasteiger partial charge is 0.497 e. The number of para-hydroxylation sites is 2. The fourth-order valence-electron chi connectivity index (χ4n) is 3.28. The van der Waals surface area contributed by atoms with Crippen LogP contribution < -0.4 is 26.6 Å². The lowest BCUT2D eigenvalue weighted by molar-refractivity contribution is -0.128. The lowest BCUT2D eigenvalue weighted by atomic mass is 10.3. The molecule has 0 fully saturated rings. The molecule has 0 bridgehead atoms. The van der Waals surface area contributed by atoms with Gasteiger partial charge in [0.15, 0.2) is 0 Å². The molecule has 9 nitrogen and oxygen atoms in total. The maximum atomic E-state index is 12.7. The number of hydrazine groups is 1. The van der Waals surface area contributed by atoms with Gasteiger partial charge in [-0.25, -0.2) is 4.79 Å². The Labute approximate surface area is 180 Å². The summed E-state index contributed by atoms with van der Waals surface area (Å²) < 4.78 is 8.40. The van der Waals surface area contributed by atoms with E-state index in [1.54, 1.807) is 40.5 Å². The lowest BCUT2D eigenvalue weighted by Crippen LogP contribution is -2.44. The first kappa shape index (κ1) is 21.9. The molecule has 0 aliphatic heterocycles. The minimum Gasteiger partial charge on any atom is -0.497 e. The number of amides is 2. The molecule has 164 valence electrons. The predicted octanol–water partition coefficient (Wildman–Crippen LogP) is 1.87. The maximum Gasteiger partial charge on any atom is 0.329 e. The summed E-state index contributed by atoms with van der Waals surface area (Å²) in [5.41, 5.74) is 7.02. The monoisotopic (exact) mass is 425 g/mol. The van der Waals surface area contributed by atoms with Crippen molar-refractivity contribution < 1.29 is 14.3 Å². The first-order valence-electron chi connectivity index (χ1n) is 10.2. The Kier molecular flexibility index (Phi) is 7.31. The number of hydrogen-bond donors (Lipinski definition) is 3. The second kappa shape index (κ2) is 10.3. The zero-order valence-corrected chi connectivity index (χ0v) is 17.7. The third-order valence-electron chi connectivity index (χ3n) is 4.82. The van der Waals surface area contributed by atoms with Crippen LogP contribution in [-0.4, -0.2) is 34.6 Å². The summed E-state index contributed by atoms with van der Waals surface area (Å²) >= 11 is 0. The van der Waals surface area contributed by atoms with E-state index in [2.05, 4.69) is 16.2 Å². The van der Waals surface area contributed by atoms with Gasteiger partial charge in [0.25, 0.3) is 5.91 Å². The number of carbonyl (C=O) groups is 2. The van der Waals surface area contributed by atoms with Gasteiger partial charge in [-0.3, -0.25) is 29.6 Å². The number of carbonyl (C=O) groups excluding carboxylic acids is 2. The molecule has 1 heterocycles. The van der Waals surface area contributed by atoms with E-state index in [9.17, 15) is 14.4 Å². The Morgan fingerprint density at radius 3 is 2.13 bits per heavy atom. The molecule has 3 aromatic rings. The first-order valence-corrected chi connectivity index (χ1v) is 10.2. The van der Waals surface area contributed by atoms with Gasteiger partial charge in [-0.05, 0) is 42.8 Å². The Balaban J connectivity index is 1.49. The molecular formula is C22H27N5O4. The number of nitrogens with zero attached hydrogens (tertiary/aromatic N) is 2. The number of aryl methyl sites for hydroxylation is 2. The molecule has 0 aliphatic rings. The number of imidazole rings is 1. The van der Waals surface area contributed by atoms with Crippen molar-refractivity contribution in [2.24, 2.45) is 0 Å². The Morgan fingerprint density at radius 2 is 1.52 bits per heavy atom. The molecule has 31 heavy (non-hydrogen) atoms. The fourth-order valence-corrected chi connectivity index (χ4v) is 3.28. The minimum atomic E-state index is -0.388. The van der Waals surface area contributed by atoms with E-state index in [1.807, 2.05) is 31.2 Å². The van der Waals surface area contributed by atoms with Gasteiger partial charge in [0.1, 0.15) is 5.75 Å². The topological polar surface area (TPSA) is 106 Å². The van der Waals surface area contributed by atoms with Crippen LogP contribution in [0.15, 0.2) is 53.3 Å². The molecule has 3 rings (SSSR count). The van der Waals surface area contributed by atoms with Crippen LogP contribution in [0.1, 0.15) is 19.8 Å². The third-order valence-corrected chi connectivity index (χ3v) is 4.82. The summed E-state index contributed by atoms with van der Waals surface area (Å²) in [6.07, 6.45) is 0.900. The second-order valence-electron chi connectivity index (χ2n) is 7.00. The summed E-state index contributed by atoms with van der Waals surface area (Å²) in [6, 6.07) is 14.7. The van der Waals surface area contributed by atoms with Crippen molar-refractivity contribution >= 4 is 28.5 Å². The Bertz CT molecular complexity index is 1100. The maximum absolute atomic E-state index is 12.7. The highest BCUT2D eigenvalue weighted by molar-refractivity contribution is 5.84. The summed E-state index contributed by atoms with van der Waals surface area (Å²) in [7, 11) is 1.58. The molecule has 0 saturated heterocycles. The van der Waals surface area contributed by atoms with Gasteiger partial charge in [0, 0.05) is 25.2 Å². The molecule has 0 aliphatic carbocycles. The SMILES string of the molecule is CCCn1c(=O)n(CCC(=O)NNC(=O)CNc2ccc(OC)cc2)c2ccccc21. The average molecular weight is 425 g/mol. The van der Waals surface area contributed by atoms with Gasteiger partial charge in [-0.2, -0.15) is 0 Å². The van der Waals surface area contributed by atoms with Crippen LogP contribution in [-0.2, 0) is 22.7 Å². The van der Waals surface area contributed by atoms with Gasteiger partial charge < -0.3 is 10.1 Å². The molecule has 9 heteroatoms. The standard InChI is InChI=1S/C22H27N5O4/c1-3-13-26-18-6-4-5-7-19(18)27(22(26)30)14-12-20(28)24-25-21(29)15-23-16-8-10-17(31-2)11-9-16/h4-11,23H,3,12-15H2,1-2H3,(H,24,28)(H,25,29). The molecule has 0 atom stereocenters. The highest BCUT2D eigenvalue weighted by atomic mass is 16.5. The number of hydrogen-bond acceptors (Lipinski definition) is 5. The number of fused-ring (bicyclic) bond motifs is 1. The van der Waals surface area contributed by atoms with Crippen molar-refractivity contribution in [1.29, 1.82) is 0 Å². The molecule has 0 unspecified atom stereocenters. The zero-order valence-electron chi connectivity index (χ0n) is 17.7. The van der Waals surface area contributed by atoms with E-state index in [1.165, 1.54) is 0 Å². The van der Waals surface area contributed by atoms with Crippen LogP contribution in [0.4, 0.5) is 5.69 Å². The Morgan fingerprint density at radius 1 is 0.903 bits per heavy atom. The van der Waals surface area contributed by atoms with Crippen molar-refractivity contribution in [3.63, 3.8) is 0 Å². The first-order chi connectivity index (χ1) is 15.0. The number of benzene rings is 2. The van der Waals surface area contributed by atoms with E-state index in [4.69, 9.17) is 4.74 Å². The lowest BCUT2D eigenvalue weighted by Gasteiger charge is -2.10. The van der Waals surface area contributed by atoms with Crippen LogP contribution in [0.25, 0.3) is 11.0 Å². The van der Waals surface area contributed by atoms with E-state index in [0.717, 1.165) is 28.9 Å². The highest BCUT2D eigenvalue weighted by Gasteiger charge is 2.13. The van der Waals surface area contributed by atoms with Gasteiger partial charge in [0.2, 0.25) is 5.91 Å². The van der Waals surface area contributed by atoms with Crippen LogP contribution in [0.2, 0.25) is 0 Å². The van der Waals surface area contributed by atoms with E-state index < -0.39 is 0 Å². The van der Waals surface area contributed by atoms with Crippen molar-refractivity contribution in [3.8, 4) is 5.75 Å². The average Bonchev–Trinajstić information content (AvgIpc) is 3.06. The van der Waals surface area contributed by atoms with Gasteiger partial charge in [0.05, 0.1) is 24.7 Å². The Hall–Kier alpha value is -3.75. The predicted molar refractivity (Wildman–Crippen MR) is 119 cm³/mol. The quantitative estimate of drug-likeness (QED) is 0.454. The van der Waals surface area contributed by atoms with Crippen molar-refractivity contribution in [3.05, 3.63) is 59.0 Å². The van der Waals surface area contributed by atoms with Crippen LogP contribution >= 0.6 is 0 Å². The highest BCUT2D eigenvalue weighted by Crippen LogP contribution is 2.15. The normalized spacial score (nSPS) is 10.6. The van der Waals surface area contributed by atoms with Crippen molar-refractivity contribution in [2.45, 2.75) is 32.9 Å². The van der Waals surface area contributed by atoms with E-state index in [-0.39, 0.29) is 37.0 Å². The number of nitrogens with one attached hydrogen (secondary N) is 3. The zero-order chi connectivity index (χ0) is 22.2. The number of anilines is 1. The third kappa shape index (κ3) is 5.44. The summed E-state index contributed by atoms with van der Waals surface area (Å²) in [6.45, 7) is 2.85. The van der Waals surface area contributed by atoms with Crippen molar-refractivity contribution in [2.75, 3.05) is 19.0 Å². The fraction of sp³-hybridized carbons (Fsp3) is 0.318. The summed E-state index contributed by atoms with van der Waals surface area (Å²) in [5, 5.41) is 2.95. The molecular weight excluding hydrogens is 398 g/mol. The van der Waals surface area contributed by atoms with Crippen molar-refractivity contribution in [1.82, 2.24) is 20.0 Å². The van der Waals surface area contributed by atoms with Gasteiger partial charge in [-0.15, -0.1) is 0 Å². The molecule has 0 saturated carbocycles. The molecule has 0 spiro atoms. The number of rotatable bonds is 9. The van der Waals surface area contributed by atoms with Crippen LogP contribution in [0, 0.1) is 0 Å². The van der Waals surface area contributed by atoms with Crippen LogP contribution in [0.5, 0.6) is 5.75 Å². The van der Waals surface area contributed by atoms with Crippen LogP contribution in [0.3, 0.4) is 0 Å². The molecule has 2 amide bonds. The minimum absolute atomic E-state index is 0.00340. The van der Waals surface area contributed by atoms with E-state index >= 15 is 0 Å². The number of methoxy groups -OCH3 is 1.